The molecule has 0 spiro atoms. The van der Waals surface area contributed by atoms with Crippen LogP contribution in [0.5, 0.6) is 0 Å². The number of thiophene rings is 1. The van der Waals surface area contributed by atoms with E-state index in [1.807, 2.05) is 23.6 Å². The van der Waals surface area contributed by atoms with E-state index in [1.165, 1.54) is 35.6 Å². The van der Waals surface area contributed by atoms with Crippen molar-refractivity contribution in [3.8, 4) is 0 Å². The molecule has 1 saturated heterocycles. The first-order valence-electron chi connectivity index (χ1n) is 10.5. The number of piperazine rings is 1. The third kappa shape index (κ3) is 5.75. The Labute approximate surface area is 194 Å². The minimum absolute atomic E-state index is 0.0947. The van der Waals surface area contributed by atoms with E-state index >= 15 is 0 Å². The molecule has 2 N–H and O–H groups in total. The van der Waals surface area contributed by atoms with Gasteiger partial charge in [-0.05, 0) is 53.4 Å². The Bertz CT molecular complexity index is 1110. The average Bonchev–Trinajstić information content (AvgIpc) is 3.39. The largest absolute Gasteiger partial charge is 0.347 e. The van der Waals surface area contributed by atoms with Crippen LogP contribution in [0.2, 0.25) is 0 Å². The van der Waals surface area contributed by atoms with E-state index in [0.29, 0.717) is 48.9 Å². The summed E-state index contributed by atoms with van der Waals surface area (Å²) in [7, 11) is 0. The quantitative estimate of drug-likeness (QED) is 0.600. The number of nitrogens with zero attached hydrogens (tertiary/aromatic N) is 2. The van der Waals surface area contributed by atoms with Crippen molar-refractivity contribution in [1.82, 2.24) is 15.1 Å². The highest BCUT2D eigenvalue weighted by molar-refractivity contribution is 7.12. The standard InChI is InChI=1S/C24H23FN4O3S/c25-19-7-9-20(10-8-19)27-24(32)29-13-11-28(12-14-29)23(31)18-5-3-17(4-6-18)16-26-22(30)21-2-1-15-33-21/h1-10,15H,11-14,16H2,(H,26,30)(H,27,32). The van der Waals surface area contributed by atoms with Gasteiger partial charge in [0.05, 0.1) is 4.88 Å². The fourth-order valence-corrected chi connectivity index (χ4v) is 4.11. The fraction of sp³-hybridized carbons (Fsp3) is 0.208. The van der Waals surface area contributed by atoms with Crippen molar-refractivity contribution in [2.45, 2.75) is 6.54 Å². The van der Waals surface area contributed by atoms with Crippen molar-refractivity contribution in [3.63, 3.8) is 0 Å². The number of rotatable bonds is 5. The summed E-state index contributed by atoms with van der Waals surface area (Å²) in [6.07, 6.45) is 0. The van der Waals surface area contributed by atoms with E-state index in [1.54, 1.807) is 28.0 Å². The predicted molar refractivity (Wildman–Crippen MR) is 125 cm³/mol. The molecule has 7 nitrogen and oxygen atoms in total. The Hall–Kier alpha value is -3.72. The number of carbonyl (C=O) groups excluding carboxylic acids is 3. The summed E-state index contributed by atoms with van der Waals surface area (Å²) in [5, 5.41) is 7.45. The molecule has 1 aliphatic rings. The first-order chi connectivity index (χ1) is 16.0. The maximum Gasteiger partial charge on any atom is 0.321 e. The highest BCUT2D eigenvalue weighted by Crippen LogP contribution is 2.14. The van der Waals surface area contributed by atoms with Crippen LogP contribution in [0.15, 0.2) is 66.0 Å². The van der Waals surface area contributed by atoms with E-state index in [2.05, 4.69) is 10.6 Å². The second-order valence-electron chi connectivity index (χ2n) is 7.57. The summed E-state index contributed by atoms with van der Waals surface area (Å²) < 4.78 is 13.0. The third-order valence-corrected chi connectivity index (χ3v) is 6.22. The van der Waals surface area contributed by atoms with E-state index in [9.17, 15) is 18.8 Å². The Kier molecular flexibility index (Phi) is 6.99. The number of benzene rings is 2. The number of amides is 4. The van der Waals surface area contributed by atoms with Crippen LogP contribution in [-0.2, 0) is 6.54 Å². The SMILES string of the molecule is O=C(NCc1ccc(C(=O)N2CCN(C(=O)Nc3ccc(F)cc3)CC2)cc1)c1cccs1. The highest BCUT2D eigenvalue weighted by atomic mass is 32.1. The van der Waals surface area contributed by atoms with Crippen molar-refractivity contribution in [3.05, 3.63) is 87.9 Å². The smallest absolute Gasteiger partial charge is 0.321 e. The molecule has 1 fully saturated rings. The summed E-state index contributed by atoms with van der Waals surface area (Å²) in [5.41, 5.74) is 1.98. The Morgan fingerprint density at radius 3 is 2.18 bits per heavy atom. The van der Waals surface area contributed by atoms with Crippen LogP contribution in [0.3, 0.4) is 0 Å². The fourth-order valence-electron chi connectivity index (χ4n) is 3.47. The van der Waals surface area contributed by atoms with Gasteiger partial charge in [-0.2, -0.15) is 0 Å². The lowest BCUT2D eigenvalue weighted by molar-refractivity contribution is 0.0671. The van der Waals surface area contributed by atoms with Gasteiger partial charge in [0.15, 0.2) is 0 Å². The summed E-state index contributed by atoms with van der Waals surface area (Å²) >= 11 is 1.39. The van der Waals surface area contributed by atoms with Crippen molar-refractivity contribution < 1.29 is 18.8 Å². The molecule has 9 heteroatoms. The van der Waals surface area contributed by atoms with Gasteiger partial charge in [-0.25, -0.2) is 9.18 Å². The second kappa shape index (κ2) is 10.3. The van der Waals surface area contributed by atoms with Gasteiger partial charge in [0.25, 0.3) is 11.8 Å². The van der Waals surface area contributed by atoms with E-state index < -0.39 is 0 Å². The topological polar surface area (TPSA) is 81.8 Å². The van der Waals surface area contributed by atoms with Crippen LogP contribution in [0, 0.1) is 5.82 Å². The summed E-state index contributed by atoms with van der Waals surface area (Å²) in [5.74, 6) is -0.578. The predicted octanol–water partition coefficient (Wildman–Crippen LogP) is 3.81. The minimum atomic E-state index is -0.365. The van der Waals surface area contributed by atoms with Crippen molar-refractivity contribution in [1.29, 1.82) is 0 Å². The molecule has 0 aliphatic carbocycles. The zero-order valence-electron chi connectivity index (χ0n) is 17.8. The number of hydrogen-bond acceptors (Lipinski definition) is 4. The highest BCUT2D eigenvalue weighted by Gasteiger charge is 2.25. The molecule has 1 aliphatic heterocycles. The van der Waals surface area contributed by atoms with Gasteiger partial charge >= 0.3 is 6.03 Å². The van der Waals surface area contributed by atoms with Crippen molar-refractivity contribution >= 4 is 34.9 Å². The van der Waals surface area contributed by atoms with Gasteiger partial charge in [0.2, 0.25) is 0 Å². The molecule has 0 radical (unpaired) electrons. The van der Waals surface area contributed by atoms with Crippen LogP contribution in [-0.4, -0.2) is 53.8 Å². The molecular formula is C24H23FN4O3S. The second-order valence-corrected chi connectivity index (χ2v) is 8.52. The van der Waals surface area contributed by atoms with Crippen molar-refractivity contribution in [2.75, 3.05) is 31.5 Å². The molecule has 0 atom stereocenters. The normalized spacial score (nSPS) is 13.5. The minimum Gasteiger partial charge on any atom is -0.347 e. The zero-order chi connectivity index (χ0) is 23.2. The van der Waals surface area contributed by atoms with Gasteiger partial charge in [-0.3, -0.25) is 9.59 Å². The summed E-state index contributed by atoms with van der Waals surface area (Å²) in [4.78, 5) is 41.3. The molecule has 0 unspecified atom stereocenters. The molecule has 4 rings (SSSR count). The zero-order valence-corrected chi connectivity index (χ0v) is 18.6. The molecule has 33 heavy (non-hydrogen) atoms. The van der Waals surface area contributed by atoms with Crippen LogP contribution in [0.1, 0.15) is 25.6 Å². The number of urea groups is 1. The van der Waals surface area contributed by atoms with Gasteiger partial charge in [-0.15, -0.1) is 11.3 Å². The Morgan fingerprint density at radius 1 is 0.879 bits per heavy atom. The molecule has 170 valence electrons. The Balaban J connectivity index is 1.25. The maximum atomic E-state index is 13.0. The van der Waals surface area contributed by atoms with Crippen LogP contribution < -0.4 is 10.6 Å². The molecule has 0 saturated carbocycles. The lowest BCUT2D eigenvalue weighted by Gasteiger charge is -2.34. The maximum absolute atomic E-state index is 13.0. The van der Waals surface area contributed by atoms with Gasteiger partial charge in [-0.1, -0.05) is 18.2 Å². The lowest BCUT2D eigenvalue weighted by atomic mass is 10.1. The molecule has 2 aromatic carbocycles. The number of halogens is 1. The van der Waals surface area contributed by atoms with Crippen molar-refractivity contribution in [2.24, 2.45) is 0 Å². The number of anilines is 1. The molecular weight excluding hydrogens is 443 g/mol. The monoisotopic (exact) mass is 466 g/mol. The molecule has 1 aromatic heterocycles. The Morgan fingerprint density at radius 2 is 1.55 bits per heavy atom. The first kappa shape index (κ1) is 22.5. The summed E-state index contributed by atoms with van der Waals surface area (Å²) in [6, 6.07) is 16.1. The van der Waals surface area contributed by atoms with E-state index in [-0.39, 0.29) is 23.7 Å². The third-order valence-electron chi connectivity index (χ3n) is 5.35. The average molecular weight is 467 g/mol. The summed E-state index contributed by atoms with van der Waals surface area (Å²) in [6.45, 7) is 2.05. The molecule has 3 aromatic rings. The van der Waals surface area contributed by atoms with Crippen LogP contribution in [0.25, 0.3) is 0 Å². The van der Waals surface area contributed by atoms with Crippen LogP contribution in [0.4, 0.5) is 14.9 Å². The number of hydrogen-bond donors (Lipinski definition) is 2. The number of carbonyl (C=O) groups is 3. The molecule has 2 heterocycles. The van der Waals surface area contributed by atoms with Gasteiger partial charge in [0, 0.05) is 44.0 Å². The lowest BCUT2D eigenvalue weighted by Crippen LogP contribution is -2.51. The van der Waals surface area contributed by atoms with Gasteiger partial charge < -0.3 is 20.4 Å². The molecule has 0 bridgehead atoms. The van der Waals surface area contributed by atoms with Crippen LogP contribution >= 0.6 is 11.3 Å². The van der Waals surface area contributed by atoms with E-state index in [4.69, 9.17) is 0 Å². The first-order valence-corrected chi connectivity index (χ1v) is 11.4. The van der Waals surface area contributed by atoms with E-state index in [0.717, 1.165) is 5.56 Å². The molecule has 4 amide bonds. The van der Waals surface area contributed by atoms with Gasteiger partial charge in [0.1, 0.15) is 5.82 Å². The number of nitrogens with one attached hydrogen (secondary N) is 2.